The molecule has 1 aromatic carbocycles. The highest BCUT2D eigenvalue weighted by molar-refractivity contribution is 5.62. The number of nitrogens with zero attached hydrogens (tertiary/aromatic N) is 2. The van der Waals surface area contributed by atoms with E-state index < -0.39 is 0 Å². The average Bonchev–Trinajstić information content (AvgIpc) is 2.47. The van der Waals surface area contributed by atoms with Crippen LogP contribution in [0.1, 0.15) is 32.4 Å². The number of benzene rings is 1. The second kappa shape index (κ2) is 6.27. The maximum Gasteiger partial charge on any atom is 0.269 e. The van der Waals surface area contributed by atoms with E-state index in [2.05, 4.69) is 0 Å². The van der Waals surface area contributed by atoms with Crippen molar-refractivity contribution in [1.29, 1.82) is 5.26 Å². The molecule has 108 valence electrons. The summed E-state index contributed by atoms with van der Waals surface area (Å²) in [6, 6.07) is 12.9. The Bertz CT molecular complexity index is 739. The van der Waals surface area contributed by atoms with Crippen LogP contribution in [0.3, 0.4) is 0 Å². The summed E-state index contributed by atoms with van der Waals surface area (Å²) in [6.45, 7) is 6.38. The van der Waals surface area contributed by atoms with Gasteiger partial charge in [-0.25, -0.2) is 0 Å². The van der Waals surface area contributed by atoms with Crippen LogP contribution in [0, 0.1) is 11.3 Å². The molecule has 0 N–H and O–H groups in total. The number of aromatic nitrogens is 1. The van der Waals surface area contributed by atoms with Gasteiger partial charge in [-0.1, -0.05) is 12.1 Å². The molecule has 4 nitrogen and oxygen atoms in total. The van der Waals surface area contributed by atoms with Crippen molar-refractivity contribution >= 4 is 0 Å². The molecule has 0 bridgehead atoms. The third-order valence-corrected chi connectivity index (χ3v) is 3.19. The van der Waals surface area contributed by atoms with Crippen LogP contribution in [-0.4, -0.2) is 11.2 Å². The fourth-order valence-electron chi connectivity index (χ4n) is 2.30. The first kappa shape index (κ1) is 14.9. The molecule has 0 aliphatic heterocycles. The SMILES string of the molecule is CCOc1cccc(-c2ccc(C#N)c(=O)n2C(C)C)c1. The van der Waals surface area contributed by atoms with E-state index in [1.807, 2.05) is 57.2 Å². The Morgan fingerprint density at radius 3 is 2.67 bits per heavy atom. The van der Waals surface area contributed by atoms with Crippen molar-refractivity contribution in [2.24, 2.45) is 0 Å². The third kappa shape index (κ3) is 2.97. The van der Waals surface area contributed by atoms with E-state index in [4.69, 9.17) is 10.00 Å². The van der Waals surface area contributed by atoms with Gasteiger partial charge in [0.1, 0.15) is 17.4 Å². The molecule has 1 heterocycles. The Morgan fingerprint density at radius 2 is 2.05 bits per heavy atom. The molecular weight excluding hydrogens is 264 g/mol. The smallest absolute Gasteiger partial charge is 0.269 e. The van der Waals surface area contributed by atoms with Crippen molar-refractivity contribution in [2.75, 3.05) is 6.61 Å². The second-order valence-corrected chi connectivity index (χ2v) is 4.97. The second-order valence-electron chi connectivity index (χ2n) is 4.97. The topological polar surface area (TPSA) is 55.0 Å². The normalized spacial score (nSPS) is 10.4. The summed E-state index contributed by atoms with van der Waals surface area (Å²) in [4.78, 5) is 12.4. The zero-order chi connectivity index (χ0) is 15.4. The van der Waals surface area contributed by atoms with Crippen LogP contribution < -0.4 is 10.3 Å². The zero-order valence-corrected chi connectivity index (χ0v) is 12.5. The minimum atomic E-state index is -0.258. The maximum atomic E-state index is 12.4. The van der Waals surface area contributed by atoms with Crippen molar-refractivity contribution in [3.8, 4) is 23.1 Å². The number of hydrogen-bond acceptors (Lipinski definition) is 3. The lowest BCUT2D eigenvalue weighted by Gasteiger charge is -2.17. The van der Waals surface area contributed by atoms with E-state index in [0.717, 1.165) is 17.0 Å². The summed E-state index contributed by atoms with van der Waals surface area (Å²) in [5.41, 5.74) is 1.59. The third-order valence-electron chi connectivity index (χ3n) is 3.19. The highest BCUT2D eigenvalue weighted by Gasteiger charge is 2.13. The van der Waals surface area contributed by atoms with Crippen molar-refractivity contribution in [3.63, 3.8) is 0 Å². The number of ether oxygens (including phenoxy) is 1. The summed E-state index contributed by atoms with van der Waals surface area (Å²) in [6.07, 6.45) is 0. The van der Waals surface area contributed by atoms with E-state index in [9.17, 15) is 4.79 Å². The molecule has 0 saturated heterocycles. The largest absolute Gasteiger partial charge is 0.494 e. The number of rotatable bonds is 4. The molecule has 2 aromatic rings. The van der Waals surface area contributed by atoms with Crippen LogP contribution in [0.5, 0.6) is 5.75 Å². The van der Waals surface area contributed by atoms with Gasteiger partial charge in [-0.15, -0.1) is 0 Å². The summed E-state index contributed by atoms with van der Waals surface area (Å²) >= 11 is 0. The lowest BCUT2D eigenvalue weighted by molar-refractivity contribution is 0.340. The monoisotopic (exact) mass is 282 g/mol. The first-order chi connectivity index (χ1) is 10.1. The van der Waals surface area contributed by atoms with Crippen LogP contribution in [0.25, 0.3) is 11.3 Å². The Kier molecular flexibility index (Phi) is 4.44. The molecule has 0 radical (unpaired) electrons. The minimum Gasteiger partial charge on any atom is -0.494 e. The van der Waals surface area contributed by atoms with Crippen LogP contribution in [0.15, 0.2) is 41.2 Å². The zero-order valence-electron chi connectivity index (χ0n) is 12.5. The molecule has 4 heteroatoms. The predicted octanol–water partition coefficient (Wildman–Crippen LogP) is 3.37. The molecule has 0 atom stereocenters. The van der Waals surface area contributed by atoms with Gasteiger partial charge in [0, 0.05) is 11.6 Å². The number of pyridine rings is 1. The van der Waals surface area contributed by atoms with Gasteiger partial charge in [-0.2, -0.15) is 5.26 Å². The van der Waals surface area contributed by atoms with Gasteiger partial charge in [0.2, 0.25) is 0 Å². The summed E-state index contributed by atoms with van der Waals surface area (Å²) in [5, 5.41) is 9.02. The Balaban J connectivity index is 2.64. The van der Waals surface area contributed by atoms with E-state index in [-0.39, 0.29) is 17.2 Å². The fraction of sp³-hybridized carbons (Fsp3) is 0.294. The molecule has 0 amide bonds. The molecule has 2 rings (SSSR count). The van der Waals surface area contributed by atoms with Crippen LogP contribution in [0.4, 0.5) is 0 Å². The quantitative estimate of drug-likeness (QED) is 0.864. The molecule has 0 aliphatic carbocycles. The molecule has 0 unspecified atom stereocenters. The van der Waals surface area contributed by atoms with Crippen molar-refractivity contribution < 1.29 is 4.74 Å². The van der Waals surface area contributed by atoms with Gasteiger partial charge in [0.15, 0.2) is 0 Å². The van der Waals surface area contributed by atoms with Crippen molar-refractivity contribution in [1.82, 2.24) is 4.57 Å². The average molecular weight is 282 g/mol. The van der Waals surface area contributed by atoms with Crippen LogP contribution in [0.2, 0.25) is 0 Å². The summed E-state index contributed by atoms with van der Waals surface area (Å²) in [7, 11) is 0. The maximum absolute atomic E-state index is 12.4. The molecule has 0 spiro atoms. The lowest BCUT2D eigenvalue weighted by Crippen LogP contribution is -2.25. The predicted molar refractivity (Wildman–Crippen MR) is 82.4 cm³/mol. The summed E-state index contributed by atoms with van der Waals surface area (Å²) in [5.74, 6) is 0.766. The van der Waals surface area contributed by atoms with E-state index in [1.54, 1.807) is 10.6 Å². The van der Waals surface area contributed by atoms with Gasteiger partial charge in [0.05, 0.1) is 12.3 Å². The highest BCUT2D eigenvalue weighted by Crippen LogP contribution is 2.25. The first-order valence-electron chi connectivity index (χ1n) is 6.97. The van der Waals surface area contributed by atoms with E-state index in [0.29, 0.717) is 6.61 Å². The van der Waals surface area contributed by atoms with Crippen molar-refractivity contribution in [3.05, 3.63) is 52.3 Å². The Labute approximate surface area is 124 Å². The molecule has 21 heavy (non-hydrogen) atoms. The Hall–Kier alpha value is -2.54. The van der Waals surface area contributed by atoms with Gasteiger partial charge in [-0.3, -0.25) is 4.79 Å². The minimum absolute atomic E-state index is 0.0310. The molecule has 0 saturated carbocycles. The number of hydrogen-bond donors (Lipinski definition) is 0. The summed E-state index contributed by atoms with van der Waals surface area (Å²) < 4.78 is 7.15. The van der Waals surface area contributed by atoms with Crippen molar-refractivity contribution in [2.45, 2.75) is 26.8 Å². The molecule has 0 aliphatic rings. The molecular formula is C17H18N2O2. The van der Waals surface area contributed by atoms with Gasteiger partial charge >= 0.3 is 0 Å². The van der Waals surface area contributed by atoms with Gasteiger partial charge in [-0.05, 0) is 45.0 Å². The lowest BCUT2D eigenvalue weighted by atomic mass is 10.1. The van der Waals surface area contributed by atoms with Gasteiger partial charge < -0.3 is 9.30 Å². The first-order valence-corrected chi connectivity index (χ1v) is 6.97. The number of nitriles is 1. The molecule has 0 fully saturated rings. The standard InChI is InChI=1S/C17H18N2O2/c1-4-21-15-7-5-6-13(10-15)16-9-8-14(11-18)17(20)19(16)12(2)3/h5-10,12H,4H2,1-3H3. The fourth-order valence-corrected chi connectivity index (χ4v) is 2.30. The van der Waals surface area contributed by atoms with E-state index in [1.165, 1.54) is 0 Å². The molecule has 1 aromatic heterocycles. The Morgan fingerprint density at radius 1 is 1.29 bits per heavy atom. The van der Waals surface area contributed by atoms with Crippen LogP contribution >= 0.6 is 0 Å². The van der Waals surface area contributed by atoms with Gasteiger partial charge in [0.25, 0.3) is 5.56 Å². The van der Waals surface area contributed by atoms with E-state index >= 15 is 0 Å². The highest BCUT2D eigenvalue weighted by atomic mass is 16.5. The van der Waals surface area contributed by atoms with Crippen LogP contribution in [-0.2, 0) is 0 Å².